The minimum atomic E-state index is -3.91. The van der Waals surface area contributed by atoms with Crippen LogP contribution in [0.2, 0.25) is 0 Å². The highest BCUT2D eigenvalue weighted by atomic mass is 79.9. The number of nitrogens with one attached hydrogen (secondary N) is 1. The van der Waals surface area contributed by atoms with Crippen molar-refractivity contribution >= 4 is 47.9 Å². The average molecular weight is 415 g/mol. The molecule has 2 N–H and O–H groups in total. The van der Waals surface area contributed by atoms with Gasteiger partial charge in [-0.15, -0.1) is 0 Å². The number of aliphatic carboxylic acids is 1. The molecule has 0 unspecified atom stereocenters. The fraction of sp³-hybridized carbons (Fsp3) is 0.364. The zero-order chi connectivity index (χ0) is 14.8. The molecule has 19 heavy (non-hydrogen) atoms. The molecule has 1 aromatic carbocycles. The van der Waals surface area contributed by atoms with E-state index in [1.165, 1.54) is 6.07 Å². The van der Waals surface area contributed by atoms with Crippen LogP contribution in [0.3, 0.4) is 0 Å². The maximum Gasteiger partial charge on any atom is 0.322 e. The largest absolute Gasteiger partial charge is 0.480 e. The van der Waals surface area contributed by atoms with E-state index in [0.29, 0.717) is 8.95 Å². The first-order valence-electron chi connectivity index (χ1n) is 5.35. The van der Waals surface area contributed by atoms with Gasteiger partial charge in [0, 0.05) is 8.95 Å². The smallest absolute Gasteiger partial charge is 0.322 e. The molecule has 0 aliphatic rings. The number of carboxylic acid groups (broad SMARTS) is 1. The summed E-state index contributed by atoms with van der Waals surface area (Å²) in [5, 5.41) is 9.03. The van der Waals surface area contributed by atoms with Crippen molar-refractivity contribution in [1.29, 1.82) is 0 Å². The van der Waals surface area contributed by atoms with Crippen LogP contribution in [0.4, 0.5) is 0 Å². The van der Waals surface area contributed by atoms with Gasteiger partial charge in [-0.25, -0.2) is 8.42 Å². The molecule has 0 saturated carbocycles. The van der Waals surface area contributed by atoms with Crippen molar-refractivity contribution in [3.63, 3.8) is 0 Å². The van der Waals surface area contributed by atoms with Crippen molar-refractivity contribution in [2.45, 2.75) is 24.8 Å². The van der Waals surface area contributed by atoms with Crippen molar-refractivity contribution in [3.8, 4) is 0 Å². The first-order chi connectivity index (χ1) is 8.65. The molecule has 0 aliphatic heterocycles. The highest BCUT2D eigenvalue weighted by Crippen LogP contribution is 2.26. The van der Waals surface area contributed by atoms with Gasteiger partial charge in [-0.2, -0.15) is 4.72 Å². The van der Waals surface area contributed by atoms with Gasteiger partial charge in [-0.3, -0.25) is 4.79 Å². The van der Waals surface area contributed by atoms with Gasteiger partial charge >= 0.3 is 5.97 Å². The van der Waals surface area contributed by atoms with Gasteiger partial charge in [0.1, 0.15) is 6.04 Å². The van der Waals surface area contributed by atoms with Gasteiger partial charge < -0.3 is 5.11 Å². The van der Waals surface area contributed by atoms with Crippen LogP contribution in [0.5, 0.6) is 0 Å². The Morgan fingerprint density at radius 2 is 1.89 bits per heavy atom. The molecule has 1 aromatic rings. The summed E-state index contributed by atoms with van der Waals surface area (Å²) in [5.74, 6) is -1.57. The summed E-state index contributed by atoms with van der Waals surface area (Å²) in [6.07, 6.45) is 0. The van der Waals surface area contributed by atoms with Crippen LogP contribution in [0, 0.1) is 5.92 Å². The Balaban J connectivity index is 3.17. The Morgan fingerprint density at radius 3 is 2.37 bits per heavy atom. The van der Waals surface area contributed by atoms with Crippen LogP contribution in [-0.2, 0) is 14.8 Å². The maximum atomic E-state index is 12.2. The molecule has 0 spiro atoms. The molecule has 1 rings (SSSR count). The zero-order valence-electron chi connectivity index (χ0n) is 10.2. The Bertz CT molecular complexity index is 586. The minimum Gasteiger partial charge on any atom is -0.480 e. The van der Waals surface area contributed by atoms with Crippen LogP contribution in [-0.4, -0.2) is 25.5 Å². The van der Waals surface area contributed by atoms with E-state index in [0.717, 1.165) is 0 Å². The third-order valence-electron chi connectivity index (χ3n) is 2.40. The molecule has 0 fully saturated rings. The maximum absolute atomic E-state index is 12.2. The monoisotopic (exact) mass is 413 g/mol. The summed E-state index contributed by atoms with van der Waals surface area (Å²) in [7, 11) is -3.91. The van der Waals surface area contributed by atoms with Crippen molar-refractivity contribution < 1.29 is 18.3 Å². The van der Waals surface area contributed by atoms with Gasteiger partial charge in [0.15, 0.2) is 0 Å². The second-order valence-corrected chi connectivity index (χ2v) is 7.71. The van der Waals surface area contributed by atoms with Crippen LogP contribution in [0.15, 0.2) is 32.0 Å². The van der Waals surface area contributed by atoms with E-state index in [9.17, 15) is 13.2 Å². The molecule has 5 nitrogen and oxygen atoms in total. The third kappa shape index (κ3) is 4.27. The zero-order valence-corrected chi connectivity index (χ0v) is 14.2. The van der Waals surface area contributed by atoms with Gasteiger partial charge in [0.05, 0.1) is 4.90 Å². The normalized spacial score (nSPS) is 13.5. The lowest BCUT2D eigenvalue weighted by molar-refractivity contribution is -0.140. The van der Waals surface area contributed by atoms with Crippen molar-refractivity contribution in [2.75, 3.05) is 0 Å². The number of hydrogen-bond acceptors (Lipinski definition) is 3. The quantitative estimate of drug-likeness (QED) is 0.775. The average Bonchev–Trinajstić information content (AvgIpc) is 2.28. The molecule has 0 heterocycles. The van der Waals surface area contributed by atoms with Crippen LogP contribution < -0.4 is 4.72 Å². The molecule has 0 bridgehead atoms. The summed E-state index contributed by atoms with van der Waals surface area (Å²) < 4.78 is 27.6. The molecule has 106 valence electrons. The van der Waals surface area contributed by atoms with E-state index in [2.05, 4.69) is 36.6 Å². The lowest BCUT2D eigenvalue weighted by Crippen LogP contribution is -2.44. The summed E-state index contributed by atoms with van der Waals surface area (Å²) in [5.41, 5.74) is 0. The predicted molar refractivity (Wildman–Crippen MR) is 78.4 cm³/mol. The van der Waals surface area contributed by atoms with Crippen molar-refractivity contribution in [2.24, 2.45) is 5.92 Å². The molecule has 0 saturated heterocycles. The van der Waals surface area contributed by atoms with Gasteiger partial charge in [-0.05, 0) is 40.0 Å². The van der Waals surface area contributed by atoms with E-state index in [4.69, 9.17) is 5.11 Å². The molecule has 8 heteroatoms. The number of carboxylic acids is 1. The molecular formula is C11H13Br2NO4S. The Kier molecular flexibility index (Phi) is 5.54. The number of benzene rings is 1. The van der Waals surface area contributed by atoms with E-state index in [-0.39, 0.29) is 10.8 Å². The SMILES string of the molecule is CC(C)[C@@H](NS(=O)(=O)c1cc(Br)ccc1Br)C(=O)O. The standard InChI is InChI=1S/C11H13Br2NO4S/c1-6(2)10(11(15)16)14-19(17,18)9-5-7(12)3-4-8(9)13/h3-6,10,14H,1-2H3,(H,15,16)/t10-/m1/s1. The van der Waals surface area contributed by atoms with Crippen LogP contribution >= 0.6 is 31.9 Å². The number of halogens is 2. The first kappa shape index (κ1) is 16.6. The molecule has 0 aromatic heterocycles. The van der Waals surface area contributed by atoms with Crippen molar-refractivity contribution in [1.82, 2.24) is 4.72 Å². The van der Waals surface area contributed by atoms with Crippen LogP contribution in [0.1, 0.15) is 13.8 Å². The summed E-state index contributed by atoms with van der Waals surface area (Å²) >= 11 is 6.33. The topological polar surface area (TPSA) is 83.5 Å². The molecule has 1 atom stereocenters. The fourth-order valence-electron chi connectivity index (χ4n) is 1.39. The lowest BCUT2D eigenvalue weighted by atomic mass is 10.1. The number of hydrogen-bond donors (Lipinski definition) is 2. The number of sulfonamides is 1. The summed E-state index contributed by atoms with van der Waals surface area (Å²) in [4.78, 5) is 11.0. The molecule has 0 radical (unpaired) electrons. The van der Waals surface area contributed by atoms with E-state index in [1.54, 1.807) is 26.0 Å². The Labute approximate surface area is 128 Å². The Morgan fingerprint density at radius 1 is 1.32 bits per heavy atom. The van der Waals surface area contributed by atoms with Gasteiger partial charge in [0.2, 0.25) is 10.0 Å². The molecular weight excluding hydrogens is 402 g/mol. The highest BCUT2D eigenvalue weighted by Gasteiger charge is 2.29. The highest BCUT2D eigenvalue weighted by molar-refractivity contribution is 9.11. The molecule has 0 amide bonds. The van der Waals surface area contributed by atoms with Gasteiger partial charge in [-0.1, -0.05) is 29.8 Å². The summed E-state index contributed by atoms with van der Waals surface area (Å²) in [6.45, 7) is 3.27. The second kappa shape index (κ2) is 6.34. The third-order valence-corrected chi connectivity index (χ3v) is 5.33. The number of rotatable bonds is 5. The number of carbonyl (C=O) groups is 1. The Hall–Kier alpha value is -0.440. The predicted octanol–water partition coefficient (Wildman–Crippen LogP) is 2.60. The van der Waals surface area contributed by atoms with E-state index in [1.807, 2.05) is 0 Å². The summed E-state index contributed by atoms with van der Waals surface area (Å²) in [6, 6.07) is 3.49. The lowest BCUT2D eigenvalue weighted by Gasteiger charge is -2.18. The van der Waals surface area contributed by atoms with E-state index >= 15 is 0 Å². The fourth-order valence-corrected chi connectivity index (χ4v) is 4.23. The second-order valence-electron chi connectivity index (χ2n) is 4.26. The van der Waals surface area contributed by atoms with E-state index < -0.39 is 22.0 Å². The first-order valence-corrected chi connectivity index (χ1v) is 8.42. The van der Waals surface area contributed by atoms with Crippen LogP contribution in [0.25, 0.3) is 0 Å². The molecule has 0 aliphatic carbocycles. The minimum absolute atomic E-state index is 0.00576. The van der Waals surface area contributed by atoms with Crippen molar-refractivity contribution in [3.05, 3.63) is 27.1 Å². The van der Waals surface area contributed by atoms with Gasteiger partial charge in [0.25, 0.3) is 0 Å².